The van der Waals surface area contributed by atoms with Gasteiger partial charge in [-0.2, -0.15) is 8.78 Å². The first-order valence-electron chi connectivity index (χ1n) is 6.17. The summed E-state index contributed by atoms with van der Waals surface area (Å²) in [7, 11) is 0. The van der Waals surface area contributed by atoms with Gasteiger partial charge in [0.2, 0.25) is 0 Å². The van der Waals surface area contributed by atoms with Gasteiger partial charge >= 0.3 is 6.61 Å². The Balaban J connectivity index is 0.00000147. The van der Waals surface area contributed by atoms with E-state index in [4.69, 9.17) is 0 Å². The van der Waals surface area contributed by atoms with E-state index in [2.05, 4.69) is 10.1 Å². The van der Waals surface area contributed by atoms with E-state index >= 15 is 0 Å². The Kier molecular flexibility index (Phi) is 4.82. The lowest BCUT2D eigenvalue weighted by Gasteiger charge is -2.17. The number of rotatable bonds is 3. The Bertz CT molecular complexity index is 474. The molecule has 1 aromatic rings. The fourth-order valence-corrected chi connectivity index (χ4v) is 3.60. The number of thiophene rings is 1. The highest BCUT2D eigenvalue weighted by Crippen LogP contribution is 2.32. The molecule has 112 valence electrons. The van der Waals surface area contributed by atoms with E-state index in [1.54, 1.807) is 10.3 Å². The van der Waals surface area contributed by atoms with Gasteiger partial charge in [0.05, 0.1) is 0 Å². The second-order valence-electron chi connectivity index (χ2n) is 4.88. The molecular weight excluding hydrogens is 310 g/mol. The fraction of sp³-hybridized carbons (Fsp3) is 0.583. The number of carbonyl (C=O) groups excluding carboxylic acids is 1. The number of carbonyl (C=O) groups is 1. The number of likely N-dealkylation sites (tertiary alicyclic amines) is 1. The maximum absolute atomic E-state index is 12.3. The number of alkyl halides is 2. The number of hydrogen-bond acceptors (Lipinski definition) is 4. The second kappa shape index (κ2) is 6.24. The molecule has 3 rings (SSSR count). The predicted molar refractivity (Wildman–Crippen MR) is 74.0 cm³/mol. The number of nitrogens with one attached hydrogen (secondary N) is 1. The second-order valence-corrected chi connectivity index (χ2v) is 5.80. The third-order valence-corrected chi connectivity index (χ3v) is 4.60. The molecule has 3 heterocycles. The van der Waals surface area contributed by atoms with Gasteiger partial charge in [-0.15, -0.1) is 23.7 Å². The molecule has 0 aromatic carbocycles. The zero-order valence-electron chi connectivity index (χ0n) is 10.6. The fourth-order valence-electron chi connectivity index (χ4n) is 2.81. The largest absolute Gasteiger partial charge is 0.433 e. The summed E-state index contributed by atoms with van der Waals surface area (Å²) in [4.78, 5) is 14.4. The normalized spacial score (nSPS) is 24.6. The van der Waals surface area contributed by atoms with E-state index in [1.165, 1.54) is 6.07 Å². The number of halogens is 3. The Morgan fingerprint density at radius 1 is 1.40 bits per heavy atom. The summed E-state index contributed by atoms with van der Waals surface area (Å²) in [5, 5.41) is 4.90. The molecule has 0 bridgehead atoms. The summed E-state index contributed by atoms with van der Waals surface area (Å²) in [6.07, 6.45) is 0. The molecule has 2 aliphatic heterocycles. The third-order valence-electron chi connectivity index (χ3n) is 3.72. The summed E-state index contributed by atoms with van der Waals surface area (Å²) < 4.78 is 28.9. The Labute approximate surface area is 125 Å². The van der Waals surface area contributed by atoms with E-state index in [-0.39, 0.29) is 28.9 Å². The van der Waals surface area contributed by atoms with Gasteiger partial charge in [0.25, 0.3) is 5.91 Å². The molecule has 0 radical (unpaired) electrons. The van der Waals surface area contributed by atoms with Crippen molar-refractivity contribution >= 4 is 29.7 Å². The number of nitrogens with zero attached hydrogens (tertiary/aromatic N) is 1. The average Bonchev–Trinajstić information content (AvgIpc) is 2.99. The van der Waals surface area contributed by atoms with E-state index in [9.17, 15) is 13.6 Å². The summed E-state index contributed by atoms with van der Waals surface area (Å²) in [5.74, 6) is 0.770. The van der Waals surface area contributed by atoms with Gasteiger partial charge in [-0.05, 0) is 23.3 Å². The zero-order valence-corrected chi connectivity index (χ0v) is 12.2. The van der Waals surface area contributed by atoms with E-state index in [0.717, 1.165) is 24.4 Å². The van der Waals surface area contributed by atoms with Crippen LogP contribution in [-0.4, -0.2) is 43.6 Å². The molecule has 2 fully saturated rings. The molecule has 20 heavy (non-hydrogen) atoms. The minimum absolute atomic E-state index is 0. The molecule has 1 aromatic heterocycles. The Hall–Kier alpha value is -0.920. The van der Waals surface area contributed by atoms with Gasteiger partial charge < -0.3 is 15.0 Å². The van der Waals surface area contributed by atoms with E-state index in [0.29, 0.717) is 24.9 Å². The quantitative estimate of drug-likeness (QED) is 0.925. The smallest absolute Gasteiger partial charge is 0.387 e. The molecule has 8 heteroatoms. The molecule has 0 aliphatic carbocycles. The summed E-state index contributed by atoms with van der Waals surface area (Å²) in [6.45, 7) is 0.354. The molecule has 2 aliphatic rings. The van der Waals surface area contributed by atoms with Crippen LogP contribution < -0.4 is 10.1 Å². The summed E-state index contributed by atoms with van der Waals surface area (Å²) in [5.41, 5.74) is 0. The third kappa shape index (κ3) is 2.89. The maximum Gasteiger partial charge on any atom is 0.387 e. The molecule has 0 saturated carbocycles. The van der Waals surface area contributed by atoms with Crippen LogP contribution in [0.2, 0.25) is 0 Å². The summed E-state index contributed by atoms with van der Waals surface area (Å²) in [6, 6.07) is 1.42. The van der Waals surface area contributed by atoms with Crippen molar-refractivity contribution in [2.24, 2.45) is 11.8 Å². The first-order valence-corrected chi connectivity index (χ1v) is 7.05. The lowest BCUT2D eigenvalue weighted by molar-refractivity contribution is -0.0499. The van der Waals surface area contributed by atoms with E-state index < -0.39 is 6.61 Å². The minimum atomic E-state index is -2.90. The van der Waals surface area contributed by atoms with Crippen molar-refractivity contribution < 1.29 is 18.3 Å². The minimum Gasteiger partial charge on any atom is -0.433 e. The van der Waals surface area contributed by atoms with Crippen molar-refractivity contribution in [3.8, 4) is 5.75 Å². The molecule has 2 atom stereocenters. The van der Waals surface area contributed by atoms with Crippen LogP contribution in [0.1, 0.15) is 9.67 Å². The first-order chi connectivity index (χ1) is 9.15. The SMILES string of the molecule is Cl.O=C(c1sccc1OC(F)F)N1C[C@H]2CNC[C@H]2C1. The Morgan fingerprint density at radius 2 is 2.05 bits per heavy atom. The van der Waals surface area contributed by atoms with Crippen molar-refractivity contribution in [3.63, 3.8) is 0 Å². The van der Waals surface area contributed by atoms with Crippen LogP contribution in [0.25, 0.3) is 0 Å². The van der Waals surface area contributed by atoms with Gasteiger partial charge in [0, 0.05) is 26.2 Å². The average molecular weight is 325 g/mol. The highest BCUT2D eigenvalue weighted by molar-refractivity contribution is 7.12. The highest BCUT2D eigenvalue weighted by Gasteiger charge is 2.39. The molecular formula is C12H15ClF2N2O2S. The Morgan fingerprint density at radius 3 is 2.65 bits per heavy atom. The van der Waals surface area contributed by atoms with Gasteiger partial charge in [-0.25, -0.2) is 0 Å². The van der Waals surface area contributed by atoms with Crippen molar-refractivity contribution in [2.45, 2.75) is 6.61 Å². The van der Waals surface area contributed by atoms with Crippen LogP contribution in [0, 0.1) is 11.8 Å². The van der Waals surface area contributed by atoms with Gasteiger partial charge in [-0.1, -0.05) is 0 Å². The number of amides is 1. The van der Waals surface area contributed by atoms with Crippen molar-refractivity contribution in [2.75, 3.05) is 26.2 Å². The lowest BCUT2D eigenvalue weighted by Crippen LogP contribution is -2.31. The standard InChI is InChI=1S/C12H14F2N2O2S.ClH/c13-12(14)18-9-1-2-19-10(9)11(17)16-5-7-3-15-4-8(7)6-16;/h1-2,7-8,12,15H,3-6H2;1H/t7-,8+;. The maximum atomic E-state index is 12.3. The van der Waals surface area contributed by atoms with Crippen LogP contribution in [-0.2, 0) is 0 Å². The zero-order chi connectivity index (χ0) is 13.4. The number of ether oxygens (including phenoxy) is 1. The molecule has 1 N–H and O–H groups in total. The van der Waals surface area contributed by atoms with Crippen LogP contribution in [0.5, 0.6) is 5.75 Å². The monoisotopic (exact) mass is 324 g/mol. The van der Waals surface area contributed by atoms with Crippen molar-refractivity contribution in [1.29, 1.82) is 0 Å². The van der Waals surface area contributed by atoms with Gasteiger partial charge in [0.15, 0.2) is 0 Å². The summed E-state index contributed by atoms with van der Waals surface area (Å²) >= 11 is 1.15. The molecule has 0 spiro atoms. The van der Waals surface area contributed by atoms with Crippen molar-refractivity contribution in [3.05, 3.63) is 16.3 Å². The van der Waals surface area contributed by atoms with Crippen LogP contribution >= 0.6 is 23.7 Å². The predicted octanol–water partition coefficient (Wildman–Crippen LogP) is 2.06. The van der Waals surface area contributed by atoms with Crippen LogP contribution in [0.4, 0.5) is 8.78 Å². The number of hydrogen-bond donors (Lipinski definition) is 1. The van der Waals surface area contributed by atoms with Crippen LogP contribution in [0.3, 0.4) is 0 Å². The van der Waals surface area contributed by atoms with Gasteiger partial charge in [0.1, 0.15) is 10.6 Å². The topological polar surface area (TPSA) is 41.6 Å². The van der Waals surface area contributed by atoms with E-state index in [1.807, 2.05) is 0 Å². The number of fused-ring (bicyclic) bond motifs is 1. The van der Waals surface area contributed by atoms with Crippen molar-refractivity contribution in [1.82, 2.24) is 10.2 Å². The first kappa shape index (κ1) is 15.5. The van der Waals surface area contributed by atoms with Gasteiger partial charge in [-0.3, -0.25) is 4.79 Å². The molecule has 2 saturated heterocycles. The molecule has 0 unspecified atom stereocenters. The lowest BCUT2D eigenvalue weighted by atomic mass is 10.0. The molecule has 1 amide bonds. The molecule has 4 nitrogen and oxygen atoms in total. The highest BCUT2D eigenvalue weighted by atomic mass is 35.5. The van der Waals surface area contributed by atoms with Crippen LogP contribution in [0.15, 0.2) is 11.4 Å².